The van der Waals surface area contributed by atoms with E-state index >= 15 is 0 Å². The normalized spacial score (nSPS) is 13.1. The van der Waals surface area contributed by atoms with Crippen molar-refractivity contribution in [1.29, 1.82) is 0 Å². The largest absolute Gasteiger partial charge is 1.00 e. The van der Waals surface area contributed by atoms with Crippen molar-refractivity contribution in [2.75, 3.05) is 14.1 Å². The molecule has 0 bridgehead atoms. The van der Waals surface area contributed by atoms with Crippen LogP contribution in [0.3, 0.4) is 0 Å². The average Bonchev–Trinajstić information content (AvgIpc) is 1.62. The van der Waals surface area contributed by atoms with E-state index in [9.17, 15) is 0 Å². The van der Waals surface area contributed by atoms with E-state index in [1.807, 2.05) is 0 Å². The Morgan fingerprint density at radius 3 is 1.27 bits per heavy atom. The summed E-state index contributed by atoms with van der Waals surface area (Å²) in [7, 11) is 4.56. The first-order chi connectivity index (χ1) is 4.19. The molecule has 0 aliphatic rings. The van der Waals surface area contributed by atoms with Crippen molar-refractivity contribution in [2.24, 2.45) is 0 Å². The van der Waals surface area contributed by atoms with Gasteiger partial charge in [-0.1, -0.05) is 0 Å². The molecule has 0 saturated heterocycles. The van der Waals surface area contributed by atoms with Gasteiger partial charge in [0.25, 0.3) is 0 Å². The third kappa shape index (κ3) is 3.00. The van der Waals surface area contributed by atoms with Crippen LogP contribution >= 0.6 is 0 Å². The van der Waals surface area contributed by atoms with E-state index in [4.69, 9.17) is 0 Å². The quantitative estimate of drug-likeness (QED) is 0.466. The lowest BCUT2D eigenvalue weighted by Crippen LogP contribution is -3.00. The molecule has 0 unspecified atom stereocenters. The molecule has 0 radical (unpaired) electrons. The fraction of sp³-hybridized carbons (Fsp3) is 1.00. The van der Waals surface area contributed by atoms with Crippen molar-refractivity contribution in [2.45, 2.75) is 46.2 Å². The highest BCUT2D eigenvalue weighted by molar-refractivity contribution is 4.61. The number of hydrogen-bond donors (Lipinski definition) is 0. The van der Waals surface area contributed by atoms with Crippen molar-refractivity contribution in [3.05, 3.63) is 0 Å². The molecule has 0 N–H and O–H groups in total. The maximum absolute atomic E-state index is 2.28. The Bertz CT molecular complexity index is 111. The molecule has 0 aromatic carbocycles. The highest BCUT2D eigenvalue weighted by Gasteiger charge is 2.33. The first-order valence-electron chi connectivity index (χ1n) is 4.03. The fourth-order valence-corrected chi connectivity index (χ4v) is 0.775. The van der Waals surface area contributed by atoms with Gasteiger partial charge in [0, 0.05) is 0 Å². The predicted octanol–water partition coefficient (Wildman–Crippen LogP) is -0.726. The first-order valence-corrected chi connectivity index (χ1v) is 4.03. The van der Waals surface area contributed by atoms with Crippen LogP contribution in [0.4, 0.5) is 0 Å². The fourth-order valence-electron chi connectivity index (χ4n) is 0.775. The van der Waals surface area contributed by atoms with E-state index < -0.39 is 0 Å². The zero-order valence-electron chi connectivity index (χ0n) is 8.90. The molecule has 0 amide bonds. The molecule has 0 aromatic rings. The molecule has 1 nitrogen and oxygen atoms in total. The molecule has 0 aliphatic heterocycles. The van der Waals surface area contributed by atoms with Crippen LogP contribution in [0.5, 0.6) is 0 Å². The minimum Gasteiger partial charge on any atom is -1.00 e. The summed E-state index contributed by atoms with van der Waals surface area (Å²) in [5.74, 6) is 0. The summed E-state index contributed by atoms with van der Waals surface area (Å²) >= 11 is 0. The number of quaternary nitrogens is 1. The molecular formula is C9H22ClN. The van der Waals surface area contributed by atoms with Crippen LogP contribution in [0.1, 0.15) is 34.6 Å². The van der Waals surface area contributed by atoms with E-state index in [1.54, 1.807) is 0 Å². The maximum atomic E-state index is 2.28. The van der Waals surface area contributed by atoms with E-state index in [0.717, 1.165) is 4.48 Å². The van der Waals surface area contributed by atoms with Crippen molar-refractivity contribution in [3.63, 3.8) is 0 Å². The van der Waals surface area contributed by atoms with Crippen molar-refractivity contribution >= 4 is 0 Å². The van der Waals surface area contributed by atoms with Gasteiger partial charge in [-0.15, -0.1) is 0 Å². The van der Waals surface area contributed by atoms with Crippen LogP contribution in [0.15, 0.2) is 0 Å². The molecule has 0 aromatic heterocycles. The predicted molar refractivity (Wildman–Crippen MR) is 47.0 cm³/mol. The summed E-state index contributed by atoms with van der Waals surface area (Å²) < 4.78 is 1.08. The van der Waals surface area contributed by atoms with Gasteiger partial charge >= 0.3 is 0 Å². The van der Waals surface area contributed by atoms with Gasteiger partial charge < -0.3 is 16.9 Å². The monoisotopic (exact) mass is 179 g/mol. The minimum absolute atomic E-state index is 0. The Balaban J connectivity index is 0. The number of halogens is 1. The van der Waals surface area contributed by atoms with Gasteiger partial charge in [-0.2, -0.15) is 0 Å². The van der Waals surface area contributed by atoms with Gasteiger partial charge in [0.15, 0.2) is 0 Å². The molecule has 11 heavy (non-hydrogen) atoms. The van der Waals surface area contributed by atoms with Crippen LogP contribution < -0.4 is 12.4 Å². The Labute approximate surface area is 77.8 Å². The van der Waals surface area contributed by atoms with E-state index in [2.05, 4.69) is 48.7 Å². The van der Waals surface area contributed by atoms with E-state index in [-0.39, 0.29) is 12.4 Å². The molecule has 2 heteroatoms. The molecule has 0 fully saturated rings. The molecule has 0 rings (SSSR count). The number of hydrogen-bond acceptors (Lipinski definition) is 0. The van der Waals surface area contributed by atoms with Crippen LogP contribution in [-0.2, 0) is 0 Å². The zero-order valence-corrected chi connectivity index (χ0v) is 9.66. The van der Waals surface area contributed by atoms with E-state index in [0.29, 0.717) is 11.6 Å². The lowest BCUT2D eigenvalue weighted by atomic mass is 10.0. The summed E-state index contributed by atoms with van der Waals surface area (Å²) in [6.07, 6.45) is 0. The minimum atomic E-state index is 0. The van der Waals surface area contributed by atoms with Crippen LogP contribution in [0, 0.1) is 0 Å². The third-order valence-corrected chi connectivity index (χ3v) is 3.02. The molecular weight excluding hydrogens is 158 g/mol. The van der Waals surface area contributed by atoms with Crippen LogP contribution in [0.2, 0.25) is 0 Å². The van der Waals surface area contributed by atoms with Crippen molar-refractivity contribution in [1.82, 2.24) is 0 Å². The Hall–Kier alpha value is 0.250. The first kappa shape index (κ1) is 13.8. The van der Waals surface area contributed by atoms with Gasteiger partial charge in [0.05, 0.1) is 25.7 Å². The summed E-state index contributed by atoms with van der Waals surface area (Å²) in [4.78, 5) is 0. The molecule has 0 saturated carbocycles. The lowest BCUT2D eigenvalue weighted by Gasteiger charge is -2.45. The molecule has 0 spiro atoms. The Morgan fingerprint density at radius 2 is 1.27 bits per heavy atom. The highest BCUT2D eigenvalue weighted by Crippen LogP contribution is 2.22. The molecule has 70 valence electrons. The Morgan fingerprint density at radius 1 is 1.00 bits per heavy atom. The third-order valence-electron chi connectivity index (χ3n) is 3.02. The second-order valence-corrected chi connectivity index (χ2v) is 4.80. The van der Waals surface area contributed by atoms with Crippen LogP contribution in [-0.4, -0.2) is 30.2 Å². The van der Waals surface area contributed by atoms with Crippen molar-refractivity contribution in [3.8, 4) is 0 Å². The lowest BCUT2D eigenvalue weighted by molar-refractivity contribution is -0.954. The molecule has 0 heterocycles. The van der Waals surface area contributed by atoms with Crippen LogP contribution in [0.25, 0.3) is 0 Å². The second kappa shape index (κ2) is 3.77. The van der Waals surface area contributed by atoms with Gasteiger partial charge in [0.1, 0.15) is 0 Å². The summed E-state index contributed by atoms with van der Waals surface area (Å²) in [6, 6.07) is 0.694. The highest BCUT2D eigenvalue weighted by atomic mass is 35.5. The van der Waals surface area contributed by atoms with Gasteiger partial charge in [-0.3, -0.25) is 0 Å². The average molecular weight is 180 g/mol. The molecule has 0 aliphatic carbocycles. The molecule has 0 atom stereocenters. The SMILES string of the molecule is CC(C)[N+](C)(C)C(C)(C)C.[Cl-]. The van der Waals surface area contributed by atoms with Gasteiger partial charge in [-0.05, 0) is 34.6 Å². The summed E-state index contributed by atoms with van der Waals surface area (Å²) in [6.45, 7) is 11.4. The van der Waals surface area contributed by atoms with Crippen molar-refractivity contribution < 1.29 is 16.9 Å². The summed E-state index contributed by atoms with van der Waals surface area (Å²) in [5.41, 5.74) is 0.355. The van der Waals surface area contributed by atoms with Gasteiger partial charge in [0.2, 0.25) is 0 Å². The number of nitrogens with zero attached hydrogens (tertiary/aromatic N) is 1. The Kier molecular flexibility index (Phi) is 4.74. The topological polar surface area (TPSA) is 0 Å². The second-order valence-electron chi connectivity index (χ2n) is 4.80. The standard InChI is InChI=1S/C9H22N.ClH/c1-8(2)10(6,7)9(3,4)5;/h8H,1-7H3;1H/q+1;/p-1. The maximum Gasteiger partial charge on any atom is 0.0905 e. The number of rotatable bonds is 1. The van der Waals surface area contributed by atoms with Gasteiger partial charge in [-0.25, -0.2) is 0 Å². The summed E-state index contributed by atoms with van der Waals surface area (Å²) in [5, 5.41) is 0. The smallest absolute Gasteiger partial charge is 0.0905 e. The van der Waals surface area contributed by atoms with E-state index in [1.165, 1.54) is 0 Å². The zero-order chi connectivity index (χ0) is 8.58.